The first kappa shape index (κ1) is 16.8. The molecule has 5 rings (SSSR count). The van der Waals surface area contributed by atoms with Gasteiger partial charge in [-0.15, -0.1) is 0 Å². The van der Waals surface area contributed by atoms with Crippen LogP contribution in [0.25, 0.3) is 11.5 Å². The molecule has 0 amide bonds. The zero-order valence-electron chi connectivity index (χ0n) is 15.4. The second kappa shape index (κ2) is 7.37. The highest BCUT2D eigenvalue weighted by atomic mass is 16.5. The molecule has 0 aliphatic carbocycles. The minimum absolute atomic E-state index is 0.337. The largest absolute Gasteiger partial charge is 0.337 e. The second-order valence-electron chi connectivity index (χ2n) is 7.06. The van der Waals surface area contributed by atoms with Crippen LogP contribution < -0.4 is 0 Å². The van der Waals surface area contributed by atoms with E-state index < -0.39 is 0 Å². The summed E-state index contributed by atoms with van der Waals surface area (Å²) in [5.74, 6) is 1.49. The lowest BCUT2D eigenvalue weighted by Crippen LogP contribution is -2.33. The molecule has 2 aromatic carbocycles. The summed E-state index contributed by atoms with van der Waals surface area (Å²) in [4.78, 5) is 11.2. The lowest BCUT2D eigenvalue weighted by molar-refractivity contribution is 0.200. The molecule has 0 spiro atoms. The van der Waals surface area contributed by atoms with Crippen LogP contribution in [0, 0.1) is 0 Å². The van der Waals surface area contributed by atoms with Gasteiger partial charge >= 0.3 is 0 Å². The van der Waals surface area contributed by atoms with Crippen molar-refractivity contribution in [2.45, 2.75) is 19.0 Å². The maximum absolute atomic E-state index is 5.51. The van der Waals surface area contributed by atoms with Crippen LogP contribution in [0.5, 0.6) is 0 Å². The minimum atomic E-state index is 0.337. The van der Waals surface area contributed by atoms with Gasteiger partial charge in [-0.2, -0.15) is 4.98 Å². The lowest BCUT2D eigenvalue weighted by Gasteiger charge is -2.34. The second-order valence-corrected chi connectivity index (χ2v) is 7.06. The van der Waals surface area contributed by atoms with Crippen LogP contribution in [0.4, 0.5) is 0 Å². The quantitative estimate of drug-likeness (QED) is 0.538. The van der Waals surface area contributed by atoms with Crippen molar-refractivity contribution in [2.24, 2.45) is 0 Å². The minimum Gasteiger partial charge on any atom is -0.337 e. The third-order valence-corrected chi connectivity index (χ3v) is 5.19. The van der Waals surface area contributed by atoms with Crippen molar-refractivity contribution in [1.29, 1.82) is 0 Å². The number of benzene rings is 2. The number of nitrogens with zero attached hydrogens (tertiary/aromatic N) is 4. The number of aromatic nitrogens is 3. The van der Waals surface area contributed by atoms with E-state index in [1.165, 1.54) is 16.7 Å². The highest BCUT2D eigenvalue weighted by Crippen LogP contribution is 2.34. The fraction of sp³-hybridized carbons (Fsp3) is 0.174. The Morgan fingerprint density at radius 1 is 0.929 bits per heavy atom. The zero-order valence-corrected chi connectivity index (χ0v) is 15.4. The molecule has 0 fully saturated rings. The molecule has 0 N–H and O–H groups in total. The number of hydrogen-bond donors (Lipinski definition) is 0. The Morgan fingerprint density at radius 3 is 2.61 bits per heavy atom. The summed E-state index contributed by atoms with van der Waals surface area (Å²) in [6.07, 6.45) is 1.73. The van der Waals surface area contributed by atoms with Crippen molar-refractivity contribution < 1.29 is 4.52 Å². The van der Waals surface area contributed by atoms with Gasteiger partial charge in [0.2, 0.25) is 11.7 Å². The normalized spacial score (nSPS) is 16.6. The molecule has 3 heterocycles. The molecular weight excluding hydrogens is 348 g/mol. The molecule has 1 aliphatic rings. The Morgan fingerprint density at radius 2 is 1.75 bits per heavy atom. The number of hydrogen-bond acceptors (Lipinski definition) is 5. The fourth-order valence-corrected chi connectivity index (χ4v) is 3.88. The van der Waals surface area contributed by atoms with Gasteiger partial charge in [0, 0.05) is 25.2 Å². The maximum atomic E-state index is 5.51. The van der Waals surface area contributed by atoms with E-state index in [0.29, 0.717) is 24.2 Å². The summed E-state index contributed by atoms with van der Waals surface area (Å²) >= 11 is 0. The summed E-state index contributed by atoms with van der Waals surface area (Å²) in [7, 11) is 0. The summed E-state index contributed by atoms with van der Waals surface area (Å²) < 4.78 is 5.51. The Labute approximate surface area is 163 Å². The van der Waals surface area contributed by atoms with Gasteiger partial charge in [-0.3, -0.25) is 9.88 Å². The van der Waals surface area contributed by atoms with Crippen LogP contribution in [0.15, 0.2) is 83.5 Å². The molecular formula is C23H20N4O. The van der Waals surface area contributed by atoms with Gasteiger partial charge < -0.3 is 4.52 Å². The predicted molar refractivity (Wildman–Crippen MR) is 106 cm³/mol. The first-order valence-electron chi connectivity index (χ1n) is 9.46. The summed E-state index contributed by atoms with van der Waals surface area (Å²) in [5.41, 5.74) is 4.82. The SMILES string of the molecule is c1ccc([C@H]2CN(Cc3nc(-c4ccccn4)no3)Cc3ccccc32)cc1. The molecule has 5 heteroatoms. The first-order chi connectivity index (χ1) is 13.9. The summed E-state index contributed by atoms with van der Waals surface area (Å²) in [6, 6.07) is 25.1. The molecule has 4 aromatic rings. The number of fused-ring (bicyclic) bond motifs is 1. The van der Waals surface area contributed by atoms with E-state index in [1.807, 2.05) is 18.2 Å². The van der Waals surface area contributed by atoms with Gasteiger partial charge in [0.1, 0.15) is 5.69 Å². The highest BCUT2D eigenvalue weighted by molar-refractivity contribution is 5.47. The molecule has 0 saturated heterocycles. The molecule has 0 unspecified atom stereocenters. The lowest BCUT2D eigenvalue weighted by atomic mass is 9.85. The average Bonchev–Trinajstić information content (AvgIpc) is 3.23. The van der Waals surface area contributed by atoms with Gasteiger partial charge in [-0.25, -0.2) is 0 Å². The van der Waals surface area contributed by atoms with Crippen LogP contribution in [0.1, 0.15) is 28.5 Å². The van der Waals surface area contributed by atoms with Crippen molar-refractivity contribution in [3.05, 3.63) is 102 Å². The van der Waals surface area contributed by atoms with E-state index in [1.54, 1.807) is 6.20 Å². The molecule has 5 nitrogen and oxygen atoms in total. The molecule has 28 heavy (non-hydrogen) atoms. The fourth-order valence-electron chi connectivity index (χ4n) is 3.88. The summed E-state index contributed by atoms with van der Waals surface area (Å²) in [5, 5.41) is 4.10. The molecule has 1 atom stereocenters. The Bertz CT molecular complexity index is 1060. The summed E-state index contributed by atoms with van der Waals surface area (Å²) in [6.45, 7) is 2.42. The van der Waals surface area contributed by atoms with Gasteiger partial charge in [-0.05, 0) is 28.8 Å². The van der Waals surface area contributed by atoms with Crippen LogP contribution in [-0.2, 0) is 13.1 Å². The van der Waals surface area contributed by atoms with Crippen molar-refractivity contribution in [1.82, 2.24) is 20.0 Å². The van der Waals surface area contributed by atoms with Crippen molar-refractivity contribution >= 4 is 0 Å². The average molecular weight is 368 g/mol. The molecule has 0 radical (unpaired) electrons. The Balaban J connectivity index is 1.40. The van der Waals surface area contributed by atoms with Crippen LogP contribution in [-0.4, -0.2) is 26.6 Å². The van der Waals surface area contributed by atoms with E-state index in [9.17, 15) is 0 Å². The van der Waals surface area contributed by atoms with E-state index in [4.69, 9.17) is 4.52 Å². The van der Waals surface area contributed by atoms with E-state index in [0.717, 1.165) is 18.8 Å². The third kappa shape index (κ3) is 3.32. The Hall–Kier alpha value is -3.31. The van der Waals surface area contributed by atoms with Crippen LogP contribution >= 0.6 is 0 Å². The molecule has 0 saturated carbocycles. The number of pyridine rings is 1. The Kier molecular flexibility index (Phi) is 4.43. The topological polar surface area (TPSA) is 55.1 Å². The third-order valence-electron chi connectivity index (χ3n) is 5.19. The smallest absolute Gasteiger partial charge is 0.241 e. The van der Waals surface area contributed by atoms with Crippen LogP contribution in [0.3, 0.4) is 0 Å². The van der Waals surface area contributed by atoms with E-state index in [-0.39, 0.29) is 0 Å². The van der Waals surface area contributed by atoms with E-state index in [2.05, 4.69) is 74.6 Å². The van der Waals surface area contributed by atoms with Crippen molar-refractivity contribution in [3.63, 3.8) is 0 Å². The highest BCUT2D eigenvalue weighted by Gasteiger charge is 2.27. The van der Waals surface area contributed by atoms with Gasteiger partial charge in [0.15, 0.2) is 0 Å². The predicted octanol–water partition coefficient (Wildman–Crippen LogP) is 4.28. The molecule has 1 aliphatic heterocycles. The van der Waals surface area contributed by atoms with Crippen molar-refractivity contribution in [2.75, 3.05) is 6.54 Å². The first-order valence-corrected chi connectivity index (χ1v) is 9.46. The van der Waals surface area contributed by atoms with Gasteiger partial charge in [-0.1, -0.05) is 65.8 Å². The zero-order chi connectivity index (χ0) is 18.8. The van der Waals surface area contributed by atoms with Gasteiger partial charge in [0.05, 0.1) is 6.54 Å². The van der Waals surface area contributed by atoms with Gasteiger partial charge in [0.25, 0.3) is 0 Å². The van der Waals surface area contributed by atoms with Crippen molar-refractivity contribution in [3.8, 4) is 11.5 Å². The monoisotopic (exact) mass is 368 g/mol. The maximum Gasteiger partial charge on any atom is 0.241 e. The number of rotatable bonds is 4. The van der Waals surface area contributed by atoms with E-state index >= 15 is 0 Å². The molecule has 138 valence electrons. The molecule has 2 aromatic heterocycles. The standard InChI is InChI=1S/C23H20N4O/c1-2-8-17(9-3-1)20-15-27(14-18-10-4-5-11-19(18)20)16-22-25-23(26-28-22)21-12-6-7-13-24-21/h1-13,20H,14-16H2/t20-/m1/s1. The molecule has 0 bridgehead atoms. The van der Waals surface area contributed by atoms with Crippen LogP contribution in [0.2, 0.25) is 0 Å².